The number of hydrogen-bond donors (Lipinski definition) is 1. The van der Waals surface area contributed by atoms with Crippen molar-refractivity contribution in [2.45, 2.75) is 0 Å². The van der Waals surface area contributed by atoms with Crippen LogP contribution in [0.1, 0.15) is 20.9 Å². The van der Waals surface area contributed by atoms with Gasteiger partial charge >= 0.3 is 5.97 Å². The zero-order chi connectivity index (χ0) is 21.8. The van der Waals surface area contributed by atoms with Gasteiger partial charge in [0.1, 0.15) is 17.1 Å². The normalized spacial score (nSPS) is 15.2. The van der Waals surface area contributed by atoms with Crippen LogP contribution < -0.4 is 15.0 Å². The van der Waals surface area contributed by atoms with E-state index >= 15 is 4.39 Å². The maximum atomic E-state index is 15.2. The van der Waals surface area contributed by atoms with Gasteiger partial charge in [0.05, 0.1) is 23.2 Å². The largest absolute Gasteiger partial charge is 0.457 e. The summed E-state index contributed by atoms with van der Waals surface area (Å²) in [6, 6.07) is 9.46. The summed E-state index contributed by atoms with van der Waals surface area (Å²) in [6.45, 7) is 2.83. The van der Waals surface area contributed by atoms with E-state index in [1.807, 2.05) is 4.90 Å². The monoisotopic (exact) mass is 432 g/mol. The predicted octanol–water partition coefficient (Wildman–Crippen LogP) is 3.07. The van der Waals surface area contributed by atoms with Gasteiger partial charge in [-0.05, 0) is 36.4 Å². The summed E-state index contributed by atoms with van der Waals surface area (Å²) in [7, 11) is 0. The number of nitrogens with zero attached hydrogens (tertiary/aromatic N) is 3. The molecule has 0 bridgehead atoms. The molecule has 1 fully saturated rings. The SMILES string of the molecule is O=C(Oc1c2c(nc3cc(N4CCNCC4)c(F)cc13)-c1cccn1C2=O)c1ccco1. The number of aromatic nitrogens is 2. The van der Waals surface area contributed by atoms with Crippen molar-refractivity contribution in [2.75, 3.05) is 31.1 Å². The Kier molecular flexibility index (Phi) is 4.12. The summed E-state index contributed by atoms with van der Waals surface area (Å²) in [4.78, 5) is 32.4. The number of pyridine rings is 1. The molecular weight excluding hydrogens is 415 g/mol. The lowest BCUT2D eigenvalue weighted by Gasteiger charge is -2.30. The summed E-state index contributed by atoms with van der Waals surface area (Å²) in [5.41, 5.74) is 1.98. The van der Waals surface area contributed by atoms with E-state index in [0.29, 0.717) is 35.7 Å². The van der Waals surface area contributed by atoms with E-state index in [1.165, 1.54) is 23.0 Å². The van der Waals surface area contributed by atoms with Crippen LogP contribution in [0.15, 0.2) is 53.3 Å². The van der Waals surface area contributed by atoms with E-state index in [9.17, 15) is 9.59 Å². The van der Waals surface area contributed by atoms with Gasteiger partial charge in [-0.1, -0.05) is 0 Å². The second-order valence-corrected chi connectivity index (χ2v) is 7.66. The summed E-state index contributed by atoms with van der Waals surface area (Å²) in [5, 5.41) is 3.49. The van der Waals surface area contributed by atoms with E-state index in [0.717, 1.165) is 13.1 Å². The Morgan fingerprint density at radius 2 is 2.03 bits per heavy atom. The minimum Gasteiger partial charge on any atom is -0.457 e. The number of furan rings is 1. The average molecular weight is 432 g/mol. The van der Waals surface area contributed by atoms with E-state index in [1.54, 1.807) is 30.5 Å². The molecule has 4 aromatic rings. The predicted molar refractivity (Wildman–Crippen MR) is 114 cm³/mol. The molecule has 0 unspecified atom stereocenters. The molecule has 0 radical (unpaired) electrons. The molecule has 0 spiro atoms. The molecule has 5 heterocycles. The lowest BCUT2D eigenvalue weighted by molar-refractivity contribution is 0.0702. The summed E-state index contributed by atoms with van der Waals surface area (Å²) < 4.78 is 27.4. The molecule has 0 aliphatic carbocycles. The molecule has 9 heteroatoms. The highest BCUT2D eigenvalue weighted by Gasteiger charge is 2.34. The quantitative estimate of drug-likeness (QED) is 0.438. The Hall–Kier alpha value is -3.98. The fourth-order valence-corrected chi connectivity index (χ4v) is 4.29. The number of anilines is 1. The van der Waals surface area contributed by atoms with Crippen LogP contribution in [0.2, 0.25) is 0 Å². The second kappa shape index (κ2) is 7.03. The molecule has 1 aromatic carbocycles. The number of fused-ring (bicyclic) bond motifs is 4. The van der Waals surface area contributed by atoms with Crippen molar-refractivity contribution < 1.29 is 23.1 Å². The Labute approximate surface area is 181 Å². The van der Waals surface area contributed by atoms with Crippen LogP contribution in [0, 0.1) is 5.82 Å². The topological polar surface area (TPSA) is 89.6 Å². The molecule has 1 N–H and O–H groups in total. The van der Waals surface area contributed by atoms with Gasteiger partial charge in [0.25, 0.3) is 5.91 Å². The summed E-state index contributed by atoms with van der Waals surface area (Å²) in [5.74, 6) is -1.68. The van der Waals surface area contributed by atoms with Crippen LogP contribution in [0.25, 0.3) is 22.3 Å². The fraction of sp³-hybridized carbons (Fsp3) is 0.174. The second-order valence-electron chi connectivity index (χ2n) is 7.66. The van der Waals surface area contributed by atoms with Crippen molar-refractivity contribution in [3.63, 3.8) is 0 Å². The van der Waals surface area contributed by atoms with Crippen molar-refractivity contribution in [2.24, 2.45) is 0 Å². The number of benzene rings is 1. The maximum absolute atomic E-state index is 15.2. The van der Waals surface area contributed by atoms with Gasteiger partial charge < -0.3 is 19.4 Å². The van der Waals surface area contributed by atoms with E-state index in [4.69, 9.17) is 9.15 Å². The van der Waals surface area contributed by atoms with Gasteiger partial charge in [-0.3, -0.25) is 9.36 Å². The van der Waals surface area contributed by atoms with Crippen LogP contribution in [-0.4, -0.2) is 47.6 Å². The van der Waals surface area contributed by atoms with Crippen molar-refractivity contribution >= 4 is 28.5 Å². The fourth-order valence-electron chi connectivity index (χ4n) is 4.29. The number of halogens is 1. The van der Waals surface area contributed by atoms with Crippen molar-refractivity contribution in [3.8, 4) is 17.1 Å². The molecule has 2 aliphatic heterocycles. The first-order chi connectivity index (χ1) is 15.6. The highest BCUT2D eigenvalue weighted by atomic mass is 19.1. The van der Waals surface area contributed by atoms with Gasteiger partial charge in [0.15, 0.2) is 5.75 Å². The third-order valence-electron chi connectivity index (χ3n) is 5.80. The number of nitrogens with one attached hydrogen (secondary N) is 1. The number of esters is 1. The molecule has 160 valence electrons. The number of carbonyl (C=O) groups is 2. The Morgan fingerprint density at radius 1 is 1.19 bits per heavy atom. The zero-order valence-electron chi connectivity index (χ0n) is 16.8. The van der Waals surface area contributed by atoms with E-state index < -0.39 is 11.8 Å². The van der Waals surface area contributed by atoms with Gasteiger partial charge in [0, 0.05) is 37.8 Å². The number of piperazine rings is 1. The first-order valence-corrected chi connectivity index (χ1v) is 10.2. The van der Waals surface area contributed by atoms with Crippen LogP contribution in [0.4, 0.5) is 10.1 Å². The van der Waals surface area contributed by atoms with Crippen LogP contribution in [0.5, 0.6) is 5.75 Å². The van der Waals surface area contributed by atoms with Crippen LogP contribution in [-0.2, 0) is 0 Å². The van der Waals surface area contributed by atoms with E-state index in [2.05, 4.69) is 10.3 Å². The summed E-state index contributed by atoms with van der Waals surface area (Å²) in [6.07, 6.45) is 2.97. The molecule has 0 atom stereocenters. The summed E-state index contributed by atoms with van der Waals surface area (Å²) >= 11 is 0. The molecule has 2 aliphatic rings. The minimum atomic E-state index is -0.777. The molecule has 8 nitrogen and oxygen atoms in total. The highest BCUT2D eigenvalue weighted by molar-refractivity contribution is 6.14. The number of carbonyl (C=O) groups excluding carboxylic acids is 2. The molecular formula is C23H17FN4O4. The van der Waals surface area contributed by atoms with Crippen molar-refractivity contribution in [1.82, 2.24) is 14.9 Å². The van der Waals surface area contributed by atoms with E-state index in [-0.39, 0.29) is 28.4 Å². The van der Waals surface area contributed by atoms with Crippen LogP contribution >= 0.6 is 0 Å². The number of ether oxygens (including phenoxy) is 1. The first-order valence-electron chi connectivity index (χ1n) is 10.2. The van der Waals surface area contributed by atoms with Gasteiger partial charge in [-0.25, -0.2) is 14.2 Å². The number of hydrogen-bond acceptors (Lipinski definition) is 7. The molecule has 0 amide bonds. The number of rotatable bonds is 3. The highest BCUT2D eigenvalue weighted by Crippen LogP contribution is 2.42. The minimum absolute atomic E-state index is 0.0216. The lowest BCUT2D eigenvalue weighted by atomic mass is 10.1. The molecule has 3 aromatic heterocycles. The Morgan fingerprint density at radius 3 is 2.81 bits per heavy atom. The zero-order valence-corrected chi connectivity index (χ0v) is 16.8. The molecule has 0 saturated carbocycles. The lowest BCUT2D eigenvalue weighted by Crippen LogP contribution is -2.43. The standard InChI is InChI=1S/C23H17FN4O4/c24-14-11-13-15(12-17(14)27-8-5-25-6-9-27)26-20-16-3-1-7-28(16)22(29)19(20)21(13)32-23(30)18-4-2-10-31-18/h1-4,7,10-12,25H,5-6,8-9H2. The smallest absolute Gasteiger partial charge is 0.379 e. The van der Waals surface area contributed by atoms with Gasteiger partial charge in [-0.2, -0.15) is 0 Å². The first kappa shape index (κ1) is 18.8. The maximum Gasteiger partial charge on any atom is 0.379 e. The van der Waals surface area contributed by atoms with Crippen molar-refractivity contribution in [1.29, 1.82) is 0 Å². The third-order valence-corrected chi connectivity index (χ3v) is 5.80. The average Bonchev–Trinajstić information content (AvgIpc) is 3.55. The molecule has 32 heavy (non-hydrogen) atoms. The van der Waals surface area contributed by atoms with Crippen LogP contribution in [0.3, 0.4) is 0 Å². The third kappa shape index (κ3) is 2.75. The Balaban J connectivity index is 1.57. The van der Waals surface area contributed by atoms with Gasteiger partial charge in [0.2, 0.25) is 5.76 Å². The van der Waals surface area contributed by atoms with Gasteiger partial charge in [-0.15, -0.1) is 0 Å². The molecule has 1 saturated heterocycles. The molecule has 6 rings (SSSR count). The Bertz CT molecular complexity index is 1390. The van der Waals surface area contributed by atoms with Crippen molar-refractivity contribution in [3.05, 3.63) is 66.0 Å².